The first-order valence-electron chi connectivity index (χ1n) is 15.7. The van der Waals surface area contributed by atoms with Crippen LogP contribution in [-0.4, -0.2) is 14.0 Å². The average Bonchev–Trinajstić information content (AvgIpc) is 3.65. The van der Waals surface area contributed by atoms with Gasteiger partial charge in [0.25, 0.3) is 0 Å². The molecule has 0 unspecified atom stereocenters. The molecule has 0 aliphatic rings. The Hall–Kier alpha value is -5.47. The third kappa shape index (κ3) is 4.00. The van der Waals surface area contributed by atoms with Crippen LogP contribution in [0.1, 0.15) is 0 Å². The first-order chi connectivity index (χ1) is 22.7. The van der Waals surface area contributed by atoms with Crippen LogP contribution < -0.4 is 15.9 Å². The van der Waals surface area contributed by atoms with Gasteiger partial charge in [0.2, 0.25) is 0 Å². The van der Waals surface area contributed by atoms with Crippen molar-refractivity contribution in [2.45, 2.75) is 0 Å². The van der Waals surface area contributed by atoms with Gasteiger partial charge in [-0.2, -0.15) is 0 Å². The Morgan fingerprint density at radius 1 is 0.326 bits per heavy atom. The van der Waals surface area contributed by atoms with Gasteiger partial charge in [-0.25, -0.2) is 0 Å². The molecule has 0 amide bonds. The normalized spacial score (nSPS) is 12.4. The number of benzene rings is 7. The standard InChI is InChI=1S/C42H31N2OP/c45-46(32-15-3-1-4-16-32,33-17-5-2-6-18-33)34-28-30(43-39-23-11-7-19-35(39)36-20-8-12-24-40(36)43)27-31(29-34)44-41-25-13-9-21-37(41)38-22-10-14-26-42(38)44/h1-29,45-46H. The van der Waals surface area contributed by atoms with Crippen LogP contribution in [0.2, 0.25) is 0 Å². The second-order valence-electron chi connectivity index (χ2n) is 11.9. The molecule has 2 aromatic heterocycles. The molecule has 0 spiro atoms. The number of hydrogen-bond donors (Lipinski definition) is 1. The predicted molar refractivity (Wildman–Crippen MR) is 197 cm³/mol. The van der Waals surface area contributed by atoms with Gasteiger partial charge in [-0.15, -0.1) is 0 Å². The van der Waals surface area contributed by atoms with Crippen molar-refractivity contribution >= 4 is 67.0 Å². The van der Waals surface area contributed by atoms with Gasteiger partial charge in [-0.3, -0.25) is 0 Å². The molecule has 220 valence electrons. The quantitative estimate of drug-likeness (QED) is 0.194. The fourth-order valence-electron chi connectivity index (χ4n) is 7.32. The summed E-state index contributed by atoms with van der Waals surface area (Å²) in [5, 5.41) is 7.67. The van der Waals surface area contributed by atoms with Crippen LogP contribution in [0.5, 0.6) is 0 Å². The van der Waals surface area contributed by atoms with E-state index >= 15 is 0 Å². The molecule has 9 rings (SSSR count). The molecule has 0 radical (unpaired) electrons. The van der Waals surface area contributed by atoms with Crippen LogP contribution in [-0.2, 0) is 0 Å². The molecule has 0 saturated heterocycles. The molecule has 0 aliphatic heterocycles. The molecule has 2 heterocycles. The maximum atomic E-state index is 13.2. The zero-order valence-electron chi connectivity index (χ0n) is 25.1. The molecule has 0 fully saturated rings. The van der Waals surface area contributed by atoms with Gasteiger partial charge < -0.3 is 0 Å². The van der Waals surface area contributed by atoms with Gasteiger partial charge in [-0.1, -0.05) is 0 Å². The summed E-state index contributed by atoms with van der Waals surface area (Å²) in [6.07, 6.45) is 0. The molecule has 1 N–H and O–H groups in total. The number of fused-ring (bicyclic) bond motifs is 6. The van der Waals surface area contributed by atoms with E-state index in [1.807, 2.05) is 36.4 Å². The van der Waals surface area contributed by atoms with E-state index in [1.54, 1.807) is 0 Å². The molecule has 0 bridgehead atoms. The van der Waals surface area contributed by atoms with Crippen LogP contribution in [0.15, 0.2) is 176 Å². The third-order valence-electron chi connectivity index (χ3n) is 9.38. The third-order valence-corrected chi connectivity index (χ3v) is 12.8. The van der Waals surface area contributed by atoms with E-state index in [1.165, 1.54) is 21.5 Å². The van der Waals surface area contributed by atoms with Crippen molar-refractivity contribution in [3.8, 4) is 11.4 Å². The van der Waals surface area contributed by atoms with Gasteiger partial charge in [0, 0.05) is 0 Å². The molecular weight excluding hydrogens is 579 g/mol. The Morgan fingerprint density at radius 2 is 0.630 bits per heavy atom. The van der Waals surface area contributed by atoms with E-state index in [4.69, 9.17) is 0 Å². The van der Waals surface area contributed by atoms with Crippen molar-refractivity contribution in [2.24, 2.45) is 0 Å². The summed E-state index contributed by atoms with van der Waals surface area (Å²) in [7, 11) is -3.46. The molecule has 0 saturated carbocycles. The zero-order valence-corrected chi connectivity index (χ0v) is 26.1. The number of rotatable bonds is 5. The van der Waals surface area contributed by atoms with E-state index < -0.39 is 7.49 Å². The van der Waals surface area contributed by atoms with E-state index in [0.29, 0.717) is 0 Å². The summed E-state index contributed by atoms with van der Waals surface area (Å²) in [6.45, 7) is 0. The van der Waals surface area contributed by atoms with Crippen LogP contribution in [0.25, 0.3) is 55.0 Å². The van der Waals surface area contributed by atoms with Crippen molar-refractivity contribution in [3.63, 3.8) is 0 Å². The monoisotopic (exact) mass is 610 g/mol. The van der Waals surface area contributed by atoms with Crippen molar-refractivity contribution < 1.29 is 4.89 Å². The molecule has 0 atom stereocenters. The number of para-hydroxylation sites is 4. The molecule has 0 aliphatic carbocycles. The average molecular weight is 611 g/mol. The number of nitrogens with zero attached hydrogens (tertiary/aromatic N) is 2. The topological polar surface area (TPSA) is 30.1 Å². The van der Waals surface area contributed by atoms with Crippen LogP contribution in [0.3, 0.4) is 0 Å². The van der Waals surface area contributed by atoms with Crippen molar-refractivity contribution in [3.05, 3.63) is 176 Å². The van der Waals surface area contributed by atoms with E-state index in [9.17, 15) is 4.89 Å². The van der Waals surface area contributed by atoms with E-state index in [0.717, 1.165) is 49.4 Å². The summed E-state index contributed by atoms with van der Waals surface area (Å²) in [5.41, 5.74) is 6.59. The Morgan fingerprint density at radius 3 is 0.978 bits per heavy atom. The summed E-state index contributed by atoms with van der Waals surface area (Å²) < 4.78 is 4.71. The van der Waals surface area contributed by atoms with Crippen LogP contribution in [0, 0.1) is 0 Å². The van der Waals surface area contributed by atoms with Gasteiger partial charge in [0.15, 0.2) is 0 Å². The van der Waals surface area contributed by atoms with E-state index in [-0.39, 0.29) is 0 Å². The second-order valence-corrected chi connectivity index (χ2v) is 15.1. The molecular formula is C42H31N2OP. The number of aromatic nitrogens is 2. The first kappa shape index (κ1) is 26.9. The SMILES string of the molecule is O[PH](c1ccccc1)(c1ccccc1)c1cc(-n2c3ccccc3c3ccccc32)cc(-n2c3ccccc3c3ccccc32)c1. The Balaban J connectivity index is 1.44. The first-order valence-corrected chi connectivity index (χ1v) is 17.6. The molecule has 4 heteroatoms. The van der Waals surface area contributed by atoms with Crippen molar-refractivity contribution in [1.82, 2.24) is 9.13 Å². The Labute approximate surface area is 267 Å². The number of hydrogen-bond acceptors (Lipinski definition) is 1. The summed E-state index contributed by atoms with van der Waals surface area (Å²) in [5.74, 6) is 0. The zero-order chi connectivity index (χ0) is 30.7. The predicted octanol–water partition coefficient (Wildman–Crippen LogP) is 8.81. The minimum absolute atomic E-state index is 0.932. The van der Waals surface area contributed by atoms with Crippen molar-refractivity contribution in [2.75, 3.05) is 0 Å². The van der Waals surface area contributed by atoms with E-state index in [2.05, 4.69) is 149 Å². The maximum absolute atomic E-state index is 13.2. The van der Waals surface area contributed by atoms with Crippen molar-refractivity contribution in [1.29, 1.82) is 0 Å². The summed E-state index contributed by atoms with van der Waals surface area (Å²) >= 11 is 0. The van der Waals surface area contributed by atoms with Gasteiger partial charge in [0.05, 0.1) is 0 Å². The minimum atomic E-state index is -3.46. The molecule has 3 nitrogen and oxygen atoms in total. The molecule has 9 aromatic rings. The van der Waals surface area contributed by atoms with Gasteiger partial charge in [0.1, 0.15) is 0 Å². The van der Waals surface area contributed by atoms with Crippen LogP contribution >= 0.6 is 7.49 Å². The summed E-state index contributed by atoms with van der Waals surface area (Å²) in [6, 6.07) is 61.6. The Kier molecular flexibility index (Phi) is 6.18. The van der Waals surface area contributed by atoms with Gasteiger partial charge >= 0.3 is 268 Å². The van der Waals surface area contributed by atoms with Crippen LogP contribution in [0.4, 0.5) is 0 Å². The second kappa shape index (κ2) is 10.6. The Bertz CT molecular complexity index is 2270. The van der Waals surface area contributed by atoms with Gasteiger partial charge in [-0.05, 0) is 0 Å². The molecule has 46 heavy (non-hydrogen) atoms. The fraction of sp³-hybridized carbons (Fsp3) is 0. The summed E-state index contributed by atoms with van der Waals surface area (Å²) in [4.78, 5) is 13.2. The fourth-order valence-corrected chi connectivity index (χ4v) is 10.4. The molecule has 7 aromatic carbocycles.